The number of hydrogen-bond donors (Lipinski definition) is 0. The van der Waals surface area contributed by atoms with Gasteiger partial charge in [0.15, 0.2) is 6.29 Å². The fraction of sp³-hybridized carbons (Fsp3) is 0.909. The van der Waals surface area contributed by atoms with E-state index in [1.165, 1.54) is 0 Å². The lowest BCUT2D eigenvalue weighted by Crippen LogP contribution is -2.52. The van der Waals surface area contributed by atoms with Crippen LogP contribution in [0.1, 0.15) is 48.0 Å². The third-order valence-electron chi connectivity index (χ3n) is 2.06. The van der Waals surface area contributed by atoms with E-state index >= 15 is 0 Å². The van der Waals surface area contributed by atoms with Crippen LogP contribution in [0, 0.1) is 0 Å². The molecule has 0 saturated heterocycles. The second kappa shape index (κ2) is 4.23. The summed E-state index contributed by atoms with van der Waals surface area (Å²) in [5.74, 6) is 0. The highest BCUT2D eigenvalue weighted by molar-refractivity contribution is 5.50. The summed E-state index contributed by atoms with van der Waals surface area (Å²) in [6, 6.07) is 0. The Morgan fingerprint density at radius 1 is 1.00 bits per heavy atom. The van der Waals surface area contributed by atoms with Crippen LogP contribution in [0.5, 0.6) is 0 Å². The normalized spacial score (nSPS) is 13.5. The Labute approximate surface area is 82.3 Å². The van der Waals surface area contributed by atoms with Crippen LogP contribution in [0.4, 0.5) is 0 Å². The van der Waals surface area contributed by atoms with Crippen LogP contribution in [0.3, 0.4) is 0 Å². The summed E-state index contributed by atoms with van der Waals surface area (Å²) < 4.78 is 0. The highest BCUT2D eigenvalue weighted by Crippen LogP contribution is 2.24. The third kappa shape index (κ3) is 4.41. The summed E-state index contributed by atoms with van der Waals surface area (Å²) in [5.41, 5.74) is 0.212. The van der Waals surface area contributed by atoms with Gasteiger partial charge in [0, 0.05) is 24.0 Å². The van der Waals surface area contributed by atoms with Crippen molar-refractivity contribution in [3.8, 4) is 0 Å². The maximum atomic E-state index is 10.2. The van der Waals surface area contributed by atoms with E-state index in [-0.39, 0.29) is 11.1 Å². The molecule has 0 unspecified atom stereocenters. The number of carbonyl (C=O) groups excluding carboxylic acids is 1. The molecular formula is C11H22NO. The van der Waals surface area contributed by atoms with Gasteiger partial charge >= 0.3 is 0 Å². The number of nitrogens with zero attached hydrogens (tertiary/aromatic N) is 1. The smallest absolute Gasteiger partial charge is 0.199 e. The first-order valence-corrected chi connectivity index (χ1v) is 4.82. The van der Waals surface area contributed by atoms with E-state index in [1.54, 1.807) is 0 Å². The highest BCUT2D eigenvalue weighted by Gasteiger charge is 2.30. The molecule has 0 amide bonds. The van der Waals surface area contributed by atoms with Gasteiger partial charge < -0.3 is 0 Å². The van der Waals surface area contributed by atoms with Crippen molar-refractivity contribution < 1.29 is 4.79 Å². The van der Waals surface area contributed by atoms with Crippen LogP contribution in [0.25, 0.3) is 0 Å². The summed E-state index contributed by atoms with van der Waals surface area (Å²) in [6.45, 7) is 13.8. The quantitative estimate of drug-likeness (QED) is 0.671. The van der Waals surface area contributed by atoms with Crippen LogP contribution in [0.15, 0.2) is 0 Å². The maximum Gasteiger partial charge on any atom is 0.199 e. The molecule has 0 rings (SSSR count). The van der Waals surface area contributed by atoms with Gasteiger partial charge in [-0.25, -0.2) is 0 Å². The first-order valence-electron chi connectivity index (χ1n) is 4.82. The molecule has 0 aliphatic heterocycles. The monoisotopic (exact) mass is 184 g/mol. The molecule has 0 aromatic rings. The lowest BCUT2D eigenvalue weighted by molar-refractivity contribution is 0.0415. The van der Waals surface area contributed by atoms with Crippen LogP contribution in [-0.4, -0.2) is 28.8 Å². The van der Waals surface area contributed by atoms with Crippen LogP contribution in [0.2, 0.25) is 0 Å². The largest absolute Gasteiger partial charge is 0.293 e. The SMILES string of the molecule is CC(C)(C)N(CC[C]=O)C(C)(C)C. The van der Waals surface area contributed by atoms with Gasteiger partial charge in [-0.05, 0) is 41.5 Å². The van der Waals surface area contributed by atoms with Crippen LogP contribution < -0.4 is 0 Å². The van der Waals surface area contributed by atoms with Gasteiger partial charge in [-0.2, -0.15) is 0 Å². The van der Waals surface area contributed by atoms with E-state index < -0.39 is 0 Å². The fourth-order valence-electron chi connectivity index (χ4n) is 1.83. The van der Waals surface area contributed by atoms with Gasteiger partial charge in [0.2, 0.25) is 0 Å². The van der Waals surface area contributed by atoms with Crippen molar-refractivity contribution in [3.63, 3.8) is 0 Å². The molecule has 13 heavy (non-hydrogen) atoms. The van der Waals surface area contributed by atoms with E-state index in [4.69, 9.17) is 0 Å². The molecule has 0 N–H and O–H groups in total. The molecule has 0 aliphatic rings. The molecule has 0 bridgehead atoms. The molecule has 0 aromatic carbocycles. The lowest BCUT2D eigenvalue weighted by atomic mass is 9.96. The van der Waals surface area contributed by atoms with Crippen LogP contribution >= 0.6 is 0 Å². The Morgan fingerprint density at radius 3 is 1.62 bits per heavy atom. The highest BCUT2D eigenvalue weighted by atomic mass is 16.1. The minimum Gasteiger partial charge on any atom is -0.293 e. The molecule has 77 valence electrons. The number of hydrogen-bond acceptors (Lipinski definition) is 2. The summed E-state index contributed by atoms with van der Waals surface area (Å²) in [5, 5.41) is 0. The van der Waals surface area contributed by atoms with Crippen molar-refractivity contribution >= 4 is 6.29 Å². The van der Waals surface area contributed by atoms with Gasteiger partial charge in [0.25, 0.3) is 0 Å². The van der Waals surface area contributed by atoms with Crippen molar-refractivity contribution in [2.45, 2.75) is 59.0 Å². The zero-order valence-corrected chi connectivity index (χ0v) is 9.77. The van der Waals surface area contributed by atoms with Crippen molar-refractivity contribution in [2.75, 3.05) is 6.54 Å². The van der Waals surface area contributed by atoms with Gasteiger partial charge in [-0.3, -0.25) is 9.69 Å². The Morgan fingerprint density at radius 2 is 1.38 bits per heavy atom. The Bertz CT molecular complexity index is 148. The number of rotatable bonds is 3. The maximum absolute atomic E-state index is 10.2. The summed E-state index contributed by atoms with van der Waals surface area (Å²) >= 11 is 0. The molecule has 0 aliphatic carbocycles. The Balaban J connectivity index is 4.47. The average molecular weight is 184 g/mol. The Kier molecular flexibility index (Phi) is 4.11. The summed E-state index contributed by atoms with van der Waals surface area (Å²) in [6.07, 6.45) is 2.45. The molecule has 0 heterocycles. The van der Waals surface area contributed by atoms with Crippen molar-refractivity contribution in [2.24, 2.45) is 0 Å². The zero-order valence-electron chi connectivity index (χ0n) is 9.77. The molecule has 0 atom stereocenters. The molecule has 0 aromatic heterocycles. The molecule has 2 heteroatoms. The molecule has 1 radical (unpaired) electrons. The molecule has 0 fully saturated rings. The summed E-state index contributed by atoms with van der Waals surface area (Å²) in [4.78, 5) is 12.5. The van der Waals surface area contributed by atoms with Gasteiger partial charge in [-0.15, -0.1) is 0 Å². The molecule has 0 saturated carbocycles. The lowest BCUT2D eigenvalue weighted by Gasteiger charge is -2.45. The minimum atomic E-state index is 0.106. The van der Waals surface area contributed by atoms with Crippen molar-refractivity contribution in [1.82, 2.24) is 4.90 Å². The van der Waals surface area contributed by atoms with Gasteiger partial charge in [0.05, 0.1) is 0 Å². The minimum absolute atomic E-state index is 0.106. The van der Waals surface area contributed by atoms with Gasteiger partial charge in [-0.1, -0.05) is 0 Å². The average Bonchev–Trinajstić information content (AvgIpc) is 1.81. The second-order valence-electron chi connectivity index (χ2n) is 5.39. The molecular weight excluding hydrogens is 162 g/mol. The molecule has 0 spiro atoms. The van der Waals surface area contributed by atoms with Gasteiger partial charge in [0.1, 0.15) is 0 Å². The predicted octanol–water partition coefficient (Wildman–Crippen LogP) is 2.39. The summed E-state index contributed by atoms with van der Waals surface area (Å²) in [7, 11) is 0. The van der Waals surface area contributed by atoms with Crippen molar-refractivity contribution in [1.29, 1.82) is 0 Å². The van der Waals surface area contributed by atoms with Crippen molar-refractivity contribution in [3.05, 3.63) is 0 Å². The van der Waals surface area contributed by atoms with E-state index in [2.05, 4.69) is 46.4 Å². The van der Waals surface area contributed by atoms with E-state index in [9.17, 15) is 4.79 Å². The van der Waals surface area contributed by atoms with E-state index in [1.807, 2.05) is 6.29 Å². The first kappa shape index (κ1) is 12.6. The topological polar surface area (TPSA) is 20.3 Å². The Hall–Kier alpha value is -0.370. The zero-order chi connectivity index (χ0) is 10.7. The third-order valence-corrected chi connectivity index (χ3v) is 2.06. The first-order chi connectivity index (χ1) is 5.69. The second-order valence-corrected chi connectivity index (χ2v) is 5.39. The predicted molar refractivity (Wildman–Crippen MR) is 56.5 cm³/mol. The van der Waals surface area contributed by atoms with Crippen LogP contribution in [-0.2, 0) is 4.79 Å². The van der Waals surface area contributed by atoms with E-state index in [0.29, 0.717) is 6.42 Å². The van der Waals surface area contributed by atoms with E-state index in [0.717, 1.165) is 6.54 Å². The standard InChI is InChI=1S/C11H22NO/c1-10(2,3)12(8-7-9-13)11(4,5)6/h7-8H2,1-6H3. The fourth-order valence-corrected chi connectivity index (χ4v) is 1.83. The molecule has 2 nitrogen and oxygen atoms in total.